The zero-order valence-corrected chi connectivity index (χ0v) is 19.4. The number of nitrogens with zero attached hydrogens (tertiary/aromatic N) is 2. The Balaban J connectivity index is 0.000000370. The fourth-order valence-corrected chi connectivity index (χ4v) is 3.51. The third kappa shape index (κ3) is 5.59. The summed E-state index contributed by atoms with van der Waals surface area (Å²) in [5, 5.41) is 7.59. The Hall–Kier alpha value is -2.36. The summed E-state index contributed by atoms with van der Waals surface area (Å²) in [6.45, 7) is 17.8. The van der Waals surface area contributed by atoms with Gasteiger partial charge in [-0.1, -0.05) is 44.5 Å². The van der Waals surface area contributed by atoms with Crippen LogP contribution in [0.3, 0.4) is 0 Å². The quantitative estimate of drug-likeness (QED) is 0.531. The fraction of sp³-hybridized carbons (Fsp3) is 0.520. The van der Waals surface area contributed by atoms with Crippen LogP contribution in [0.5, 0.6) is 0 Å². The van der Waals surface area contributed by atoms with E-state index in [1.165, 1.54) is 29.7 Å². The second-order valence-electron chi connectivity index (χ2n) is 7.96. The van der Waals surface area contributed by atoms with E-state index in [9.17, 15) is 0 Å². The molecule has 0 amide bonds. The number of anilines is 1. The van der Waals surface area contributed by atoms with Crippen molar-refractivity contribution in [3.63, 3.8) is 0 Å². The molecule has 1 aliphatic heterocycles. The molecule has 1 N–H and O–H groups in total. The smallest absolute Gasteiger partial charge is 0.141 e. The van der Waals surface area contributed by atoms with Crippen LogP contribution >= 0.6 is 0 Å². The monoisotopic (exact) mass is 395 g/mol. The molecule has 1 aliphatic rings. The lowest BCUT2D eigenvalue weighted by atomic mass is 9.97. The zero-order chi connectivity index (χ0) is 21.6. The summed E-state index contributed by atoms with van der Waals surface area (Å²) in [6, 6.07) is 4.32. The average molecular weight is 396 g/mol. The number of benzene rings is 1. The Morgan fingerprint density at radius 1 is 1.21 bits per heavy atom. The van der Waals surface area contributed by atoms with E-state index in [1.807, 2.05) is 13.8 Å². The van der Waals surface area contributed by atoms with Crippen molar-refractivity contribution in [1.82, 2.24) is 5.16 Å². The zero-order valence-electron chi connectivity index (χ0n) is 19.4. The maximum absolute atomic E-state index is 5.31. The molecule has 0 bridgehead atoms. The number of hydrogen-bond donors (Lipinski definition) is 1. The Kier molecular flexibility index (Phi) is 8.24. The molecule has 4 nitrogen and oxygen atoms in total. The number of aromatic nitrogens is 1. The van der Waals surface area contributed by atoms with Crippen molar-refractivity contribution in [3.05, 3.63) is 40.8 Å². The second kappa shape index (κ2) is 10.4. The minimum absolute atomic E-state index is 0.503. The highest BCUT2D eigenvalue weighted by atomic mass is 16.5. The van der Waals surface area contributed by atoms with Gasteiger partial charge in [0.25, 0.3) is 0 Å². The lowest BCUT2D eigenvalue weighted by Gasteiger charge is -2.23. The van der Waals surface area contributed by atoms with Gasteiger partial charge in [0.15, 0.2) is 0 Å². The Morgan fingerprint density at radius 2 is 1.93 bits per heavy atom. The van der Waals surface area contributed by atoms with Gasteiger partial charge in [0, 0.05) is 11.3 Å². The van der Waals surface area contributed by atoms with Crippen LogP contribution in [0.25, 0.3) is 11.1 Å². The van der Waals surface area contributed by atoms with Crippen molar-refractivity contribution < 1.29 is 4.52 Å². The highest BCUT2D eigenvalue weighted by Crippen LogP contribution is 2.38. The molecule has 0 radical (unpaired) electrons. The first kappa shape index (κ1) is 22.9. The molecule has 29 heavy (non-hydrogen) atoms. The third-order valence-corrected chi connectivity index (χ3v) is 5.64. The lowest BCUT2D eigenvalue weighted by Crippen LogP contribution is -2.24. The minimum atomic E-state index is 0.503. The van der Waals surface area contributed by atoms with Crippen molar-refractivity contribution in [2.75, 3.05) is 11.9 Å². The first-order valence-electron chi connectivity index (χ1n) is 10.9. The molecular formula is C25H37N3O. The predicted molar refractivity (Wildman–Crippen MR) is 126 cm³/mol. The molecule has 1 aromatic heterocycles. The molecule has 2 aromatic rings. The SMILES string of the molecule is CC/C=C(/C)CC.CCC(C)C1=Nc2cc(-c3c(C)noc3C)cc(C)c2NC1. The van der Waals surface area contributed by atoms with E-state index in [1.54, 1.807) is 0 Å². The molecule has 1 unspecified atom stereocenters. The molecule has 3 rings (SSSR count). The molecule has 1 aromatic carbocycles. The van der Waals surface area contributed by atoms with Crippen LogP contribution < -0.4 is 5.32 Å². The number of fused-ring (bicyclic) bond motifs is 1. The van der Waals surface area contributed by atoms with E-state index in [0.717, 1.165) is 46.9 Å². The maximum Gasteiger partial charge on any atom is 0.141 e. The molecule has 158 valence electrons. The first-order valence-corrected chi connectivity index (χ1v) is 10.9. The maximum atomic E-state index is 5.31. The number of hydrogen-bond acceptors (Lipinski definition) is 4. The van der Waals surface area contributed by atoms with E-state index < -0.39 is 0 Å². The van der Waals surface area contributed by atoms with Crippen LogP contribution in [-0.4, -0.2) is 17.4 Å². The molecule has 1 atom stereocenters. The summed E-state index contributed by atoms with van der Waals surface area (Å²) in [6.07, 6.45) is 5.76. The van der Waals surface area contributed by atoms with E-state index >= 15 is 0 Å². The topological polar surface area (TPSA) is 50.4 Å². The van der Waals surface area contributed by atoms with Crippen molar-refractivity contribution in [3.8, 4) is 11.1 Å². The van der Waals surface area contributed by atoms with Crippen LogP contribution in [0.2, 0.25) is 0 Å². The van der Waals surface area contributed by atoms with Gasteiger partial charge < -0.3 is 9.84 Å². The highest BCUT2D eigenvalue weighted by Gasteiger charge is 2.20. The van der Waals surface area contributed by atoms with E-state index in [4.69, 9.17) is 9.52 Å². The molecule has 0 saturated carbocycles. The van der Waals surface area contributed by atoms with Crippen molar-refractivity contribution >= 4 is 17.1 Å². The van der Waals surface area contributed by atoms with Gasteiger partial charge in [-0.3, -0.25) is 4.99 Å². The number of nitrogens with one attached hydrogen (secondary N) is 1. The fourth-order valence-electron chi connectivity index (χ4n) is 3.51. The van der Waals surface area contributed by atoms with Crippen molar-refractivity contribution in [1.29, 1.82) is 0 Å². The summed E-state index contributed by atoms with van der Waals surface area (Å²) in [5.41, 5.74) is 9.23. The molecule has 0 spiro atoms. The number of aliphatic imine (C=N–C) groups is 1. The summed E-state index contributed by atoms with van der Waals surface area (Å²) in [4.78, 5) is 4.91. The number of rotatable bonds is 5. The Bertz CT molecular complexity index is 870. The van der Waals surface area contributed by atoms with Gasteiger partial charge in [0.1, 0.15) is 5.76 Å². The molecule has 0 aliphatic carbocycles. The number of allylic oxidation sites excluding steroid dienone is 2. The Morgan fingerprint density at radius 3 is 2.45 bits per heavy atom. The standard InChI is InChI=1S/C18H23N3O.C7H14/c1-6-10(2)16-9-19-18-11(3)7-14(8-15(18)20-16)17-12(4)21-22-13(17)5;1-4-6-7(3)5-2/h7-8,10,19H,6,9H2,1-5H3;6H,4-5H2,1-3H3/b;7-6-. The van der Waals surface area contributed by atoms with E-state index in [2.05, 4.69) is 70.2 Å². The lowest BCUT2D eigenvalue weighted by molar-refractivity contribution is 0.393. The van der Waals surface area contributed by atoms with Gasteiger partial charge in [-0.25, -0.2) is 0 Å². The van der Waals surface area contributed by atoms with Gasteiger partial charge in [-0.05, 0) is 76.1 Å². The average Bonchev–Trinajstić information content (AvgIpc) is 3.05. The summed E-state index contributed by atoms with van der Waals surface area (Å²) in [7, 11) is 0. The highest BCUT2D eigenvalue weighted by molar-refractivity contribution is 5.98. The van der Waals surface area contributed by atoms with Gasteiger partial charge in [0.05, 0.1) is 23.6 Å². The van der Waals surface area contributed by atoms with Crippen LogP contribution in [0, 0.1) is 26.7 Å². The Labute approximate surface area is 176 Å². The van der Waals surface area contributed by atoms with Crippen molar-refractivity contribution in [2.45, 2.75) is 74.7 Å². The molecule has 0 saturated heterocycles. The first-order chi connectivity index (χ1) is 13.8. The second-order valence-corrected chi connectivity index (χ2v) is 7.96. The van der Waals surface area contributed by atoms with Crippen LogP contribution in [0.1, 0.15) is 70.9 Å². The van der Waals surface area contributed by atoms with Gasteiger partial charge in [0.2, 0.25) is 0 Å². The minimum Gasteiger partial charge on any atom is -0.378 e. The van der Waals surface area contributed by atoms with E-state index in [0.29, 0.717) is 5.92 Å². The predicted octanol–water partition coefficient (Wildman–Crippen LogP) is 7.56. The van der Waals surface area contributed by atoms with Gasteiger partial charge >= 0.3 is 0 Å². The summed E-state index contributed by atoms with van der Waals surface area (Å²) in [5.74, 6) is 1.36. The normalized spacial score (nSPS) is 14.3. The van der Waals surface area contributed by atoms with E-state index in [-0.39, 0.29) is 0 Å². The van der Waals surface area contributed by atoms with Crippen molar-refractivity contribution in [2.24, 2.45) is 10.9 Å². The molecule has 0 fully saturated rings. The molecular weight excluding hydrogens is 358 g/mol. The number of aryl methyl sites for hydroxylation is 3. The van der Waals surface area contributed by atoms with Crippen LogP contribution in [0.4, 0.5) is 11.4 Å². The molecule has 2 heterocycles. The van der Waals surface area contributed by atoms with Crippen LogP contribution in [-0.2, 0) is 0 Å². The summed E-state index contributed by atoms with van der Waals surface area (Å²) >= 11 is 0. The largest absolute Gasteiger partial charge is 0.378 e. The van der Waals surface area contributed by atoms with Crippen LogP contribution in [0.15, 0.2) is 33.3 Å². The van der Waals surface area contributed by atoms with Gasteiger partial charge in [-0.2, -0.15) is 0 Å². The molecule has 4 heteroatoms. The third-order valence-electron chi connectivity index (χ3n) is 5.64. The van der Waals surface area contributed by atoms with Gasteiger partial charge in [-0.15, -0.1) is 0 Å². The summed E-state index contributed by atoms with van der Waals surface area (Å²) < 4.78 is 5.31.